The van der Waals surface area contributed by atoms with E-state index in [4.69, 9.17) is 9.47 Å². The number of hydrogen-bond donors (Lipinski definition) is 0. The number of carbonyl (C=O) groups excluding carboxylic acids is 1. The number of aromatic nitrogens is 3. The molecule has 0 saturated carbocycles. The van der Waals surface area contributed by atoms with Crippen LogP contribution in [-0.2, 0) is 11.3 Å². The fourth-order valence-corrected chi connectivity index (χ4v) is 2.54. The molecule has 2 aromatic heterocycles. The standard InChI is InChI=1S/C18H16IN3O3/c19-15-5-3-14(4-6-15)18(23)25-17(11-22-9-8-21-13-22)12-24-16-2-1-7-20-10-16/h1-10,13,17H,11-12H2. The van der Waals surface area contributed by atoms with Gasteiger partial charge in [0.25, 0.3) is 0 Å². The van der Waals surface area contributed by atoms with E-state index < -0.39 is 6.10 Å². The van der Waals surface area contributed by atoms with Crippen LogP contribution in [0, 0.1) is 3.57 Å². The summed E-state index contributed by atoms with van der Waals surface area (Å²) >= 11 is 2.19. The minimum absolute atomic E-state index is 0.222. The van der Waals surface area contributed by atoms with Crippen molar-refractivity contribution in [1.82, 2.24) is 14.5 Å². The van der Waals surface area contributed by atoms with Gasteiger partial charge in [-0.3, -0.25) is 4.98 Å². The maximum Gasteiger partial charge on any atom is 0.338 e. The highest BCUT2D eigenvalue weighted by Gasteiger charge is 2.18. The molecule has 0 aliphatic heterocycles. The first-order chi connectivity index (χ1) is 12.2. The highest BCUT2D eigenvalue weighted by Crippen LogP contribution is 2.12. The summed E-state index contributed by atoms with van der Waals surface area (Å²) in [4.78, 5) is 20.4. The van der Waals surface area contributed by atoms with Crippen molar-refractivity contribution in [2.45, 2.75) is 12.6 Å². The van der Waals surface area contributed by atoms with Crippen molar-refractivity contribution >= 4 is 28.6 Å². The van der Waals surface area contributed by atoms with Gasteiger partial charge in [0.2, 0.25) is 0 Å². The highest BCUT2D eigenvalue weighted by molar-refractivity contribution is 14.1. The Morgan fingerprint density at radius 1 is 1.16 bits per heavy atom. The molecule has 0 radical (unpaired) electrons. The Hall–Kier alpha value is -2.42. The molecular formula is C18H16IN3O3. The summed E-state index contributed by atoms with van der Waals surface area (Å²) in [5.41, 5.74) is 0.512. The lowest BCUT2D eigenvalue weighted by atomic mass is 10.2. The molecule has 128 valence electrons. The van der Waals surface area contributed by atoms with Gasteiger partial charge in [-0.25, -0.2) is 9.78 Å². The molecule has 0 bridgehead atoms. The first kappa shape index (κ1) is 17.4. The summed E-state index contributed by atoms with van der Waals surface area (Å²) in [5, 5.41) is 0. The Morgan fingerprint density at radius 2 is 2.00 bits per heavy atom. The SMILES string of the molecule is O=C(OC(COc1cccnc1)Cn1ccnc1)c1ccc(I)cc1. The lowest BCUT2D eigenvalue weighted by Gasteiger charge is -2.19. The number of nitrogens with zero attached hydrogens (tertiary/aromatic N) is 3. The number of halogens is 1. The van der Waals surface area contributed by atoms with Gasteiger partial charge in [0, 0.05) is 22.2 Å². The second-order valence-corrected chi connectivity index (χ2v) is 6.54. The molecule has 6 nitrogen and oxygen atoms in total. The summed E-state index contributed by atoms with van der Waals surface area (Å²) in [5.74, 6) is 0.250. The third kappa shape index (κ3) is 5.28. The van der Waals surface area contributed by atoms with Crippen LogP contribution in [0.3, 0.4) is 0 Å². The highest BCUT2D eigenvalue weighted by atomic mass is 127. The zero-order chi connectivity index (χ0) is 17.5. The molecule has 0 saturated heterocycles. The molecule has 0 spiro atoms. The zero-order valence-corrected chi connectivity index (χ0v) is 15.4. The summed E-state index contributed by atoms with van der Waals surface area (Å²) < 4.78 is 14.2. The molecule has 25 heavy (non-hydrogen) atoms. The van der Waals surface area contributed by atoms with E-state index in [1.165, 1.54) is 0 Å². The van der Waals surface area contributed by atoms with Crippen molar-refractivity contribution in [2.75, 3.05) is 6.61 Å². The first-order valence-corrected chi connectivity index (χ1v) is 8.74. The van der Waals surface area contributed by atoms with Crippen molar-refractivity contribution in [2.24, 2.45) is 0 Å². The van der Waals surface area contributed by atoms with E-state index >= 15 is 0 Å². The summed E-state index contributed by atoms with van der Waals surface area (Å²) in [6.45, 7) is 0.677. The normalized spacial score (nSPS) is 11.7. The van der Waals surface area contributed by atoms with Gasteiger partial charge >= 0.3 is 5.97 Å². The van der Waals surface area contributed by atoms with Gasteiger partial charge in [-0.15, -0.1) is 0 Å². The smallest absolute Gasteiger partial charge is 0.338 e. The largest absolute Gasteiger partial charge is 0.488 e. The van der Waals surface area contributed by atoms with Crippen LogP contribution >= 0.6 is 22.6 Å². The van der Waals surface area contributed by atoms with Gasteiger partial charge in [0.15, 0.2) is 6.10 Å². The van der Waals surface area contributed by atoms with Gasteiger partial charge < -0.3 is 14.0 Å². The van der Waals surface area contributed by atoms with Crippen LogP contribution in [0.5, 0.6) is 5.75 Å². The van der Waals surface area contributed by atoms with E-state index in [0.29, 0.717) is 17.9 Å². The van der Waals surface area contributed by atoms with Crippen LogP contribution in [-0.4, -0.2) is 33.2 Å². The molecular weight excluding hydrogens is 433 g/mol. The number of carbonyl (C=O) groups is 1. The number of rotatable bonds is 7. The topological polar surface area (TPSA) is 66.2 Å². The van der Waals surface area contributed by atoms with E-state index in [-0.39, 0.29) is 12.6 Å². The van der Waals surface area contributed by atoms with Crippen molar-refractivity contribution in [1.29, 1.82) is 0 Å². The van der Waals surface area contributed by atoms with Crippen LogP contribution in [0.25, 0.3) is 0 Å². The van der Waals surface area contributed by atoms with Gasteiger partial charge in [-0.05, 0) is 59.0 Å². The Labute approximate surface area is 159 Å². The minimum Gasteiger partial charge on any atom is -0.488 e. The predicted octanol–water partition coefficient (Wildman–Crippen LogP) is 3.19. The van der Waals surface area contributed by atoms with Gasteiger partial charge in [0.1, 0.15) is 12.4 Å². The molecule has 0 N–H and O–H groups in total. The number of pyridine rings is 1. The van der Waals surface area contributed by atoms with Crippen LogP contribution in [0.2, 0.25) is 0 Å². The van der Waals surface area contributed by atoms with Crippen molar-refractivity contribution in [3.05, 3.63) is 76.6 Å². The lowest BCUT2D eigenvalue weighted by molar-refractivity contribution is 0.0124. The average Bonchev–Trinajstić information content (AvgIpc) is 3.14. The summed E-state index contributed by atoms with van der Waals surface area (Å²) in [6.07, 6.45) is 8.01. The maximum absolute atomic E-state index is 12.4. The Morgan fingerprint density at radius 3 is 2.68 bits per heavy atom. The van der Waals surface area contributed by atoms with E-state index in [1.807, 2.05) is 29.0 Å². The van der Waals surface area contributed by atoms with Crippen LogP contribution in [0.1, 0.15) is 10.4 Å². The summed E-state index contributed by atoms with van der Waals surface area (Å²) in [6, 6.07) is 10.8. The average molecular weight is 449 g/mol. The Bertz CT molecular complexity index is 792. The van der Waals surface area contributed by atoms with Gasteiger partial charge in [-0.1, -0.05) is 0 Å². The molecule has 2 heterocycles. The Kier molecular flexibility index (Phi) is 5.99. The molecule has 0 aliphatic carbocycles. The first-order valence-electron chi connectivity index (χ1n) is 7.66. The fourth-order valence-electron chi connectivity index (χ4n) is 2.18. The number of ether oxygens (including phenoxy) is 2. The molecule has 0 aliphatic rings. The quantitative estimate of drug-likeness (QED) is 0.410. The third-order valence-electron chi connectivity index (χ3n) is 3.40. The van der Waals surface area contributed by atoms with E-state index in [0.717, 1.165) is 3.57 Å². The van der Waals surface area contributed by atoms with Crippen molar-refractivity contribution in [3.63, 3.8) is 0 Å². The van der Waals surface area contributed by atoms with Crippen LogP contribution in [0.15, 0.2) is 67.5 Å². The number of imidazole rings is 1. The van der Waals surface area contributed by atoms with Crippen LogP contribution < -0.4 is 4.74 Å². The third-order valence-corrected chi connectivity index (χ3v) is 4.12. The second kappa shape index (κ2) is 8.61. The molecule has 3 aromatic rings. The van der Waals surface area contributed by atoms with Crippen molar-refractivity contribution < 1.29 is 14.3 Å². The maximum atomic E-state index is 12.4. The zero-order valence-electron chi connectivity index (χ0n) is 13.3. The monoisotopic (exact) mass is 449 g/mol. The van der Waals surface area contributed by atoms with Crippen molar-refractivity contribution in [3.8, 4) is 5.75 Å². The van der Waals surface area contributed by atoms with E-state index in [9.17, 15) is 4.79 Å². The minimum atomic E-state index is -0.457. The molecule has 1 atom stereocenters. The predicted molar refractivity (Wildman–Crippen MR) is 100 cm³/mol. The Balaban J connectivity index is 1.66. The lowest BCUT2D eigenvalue weighted by Crippen LogP contribution is -2.29. The molecule has 0 amide bonds. The van der Waals surface area contributed by atoms with Crippen LogP contribution in [0.4, 0.5) is 0 Å². The van der Waals surface area contributed by atoms with Gasteiger partial charge in [0.05, 0.1) is 24.6 Å². The molecule has 0 fully saturated rings. The molecule has 3 rings (SSSR count). The van der Waals surface area contributed by atoms with Gasteiger partial charge in [-0.2, -0.15) is 0 Å². The summed E-state index contributed by atoms with van der Waals surface area (Å²) in [7, 11) is 0. The number of hydrogen-bond acceptors (Lipinski definition) is 5. The molecule has 7 heteroatoms. The molecule has 1 aromatic carbocycles. The number of esters is 1. The fraction of sp³-hybridized carbons (Fsp3) is 0.167. The second-order valence-electron chi connectivity index (χ2n) is 5.29. The molecule has 1 unspecified atom stereocenters. The van der Waals surface area contributed by atoms with E-state index in [1.54, 1.807) is 43.1 Å². The number of benzene rings is 1. The van der Waals surface area contributed by atoms with E-state index in [2.05, 4.69) is 32.6 Å².